The molecule has 0 fully saturated rings. The average Bonchev–Trinajstić information content (AvgIpc) is 2.27. The highest BCUT2D eigenvalue weighted by Crippen LogP contribution is 2.11. The van der Waals surface area contributed by atoms with Crippen molar-refractivity contribution >= 4 is 11.6 Å². The van der Waals surface area contributed by atoms with Gasteiger partial charge in [0.15, 0.2) is 0 Å². The van der Waals surface area contributed by atoms with Crippen LogP contribution in [0.15, 0.2) is 24.3 Å². The molecule has 0 unspecified atom stereocenters. The summed E-state index contributed by atoms with van der Waals surface area (Å²) in [5, 5.41) is 0. The number of amides is 1. The number of alkyl halides is 2. The Kier molecular flexibility index (Phi) is 4.87. The number of nitrogen functional groups attached to an aromatic ring is 1. The molecule has 5 heteroatoms. The van der Waals surface area contributed by atoms with E-state index in [1.165, 1.54) is 6.07 Å². The lowest BCUT2D eigenvalue weighted by Crippen LogP contribution is -2.35. The van der Waals surface area contributed by atoms with Gasteiger partial charge in [-0.05, 0) is 24.6 Å². The zero-order chi connectivity index (χ0) is 12.8. The predicted molar refractivity (Wildman–Crippen MR) is 63.1 cm³/mol. The summed E-state index contributed by atoms with van der Waals surface area (Å²) < 4.78 is 24.7. The SMILES string of the molecule is CCCN(CC(F)F)C(=O)c1cccc(N)c1. The lowest BCUT2D eigenvalue weighted by molar-refractivity contribution is 0.0555. The third kappa shape index (κ3) is 4.01. The number of hydrogen-bond donors (Lipinski definition) is 1. The van der Waals surface area contributed by atoms with Crippen LogP contribution in [-0.4, -0.2) is 30.3 Å². The molecule has 0 atom stereocenters. The van der Waals surface area contributed by atoms with Gasteiger partial charge in [0.1, 0.15) is 0 Å². The fraction of sp³-hybridized carbons (Fsp3) is 0.417. The lowest BCUT2D eigenvalue weighted by Gasteiger charge is -2.21. The van der Waals surface area contributed by atoms with Gasteiger partial charge in [-0.25, -0.2) is 8.78 Å². The molecule has 2 N–H and O–H groups in total. The van der Waals surface area contributed by atoms with Crippen LogP contribution in [0.2, 0.25) is 0 Å². The molecule has 17 heavy (non-hydrogen) atoms. The van der Waals surface area contributed by atoms with E-state index in [2.05, 4.69) is 0 Å². The second kappa shape index (κ2) is 6.18. The van der Waals surface area contributed by atoms with Gasteiger partial charge in [0, 0.05) is 17.8 Å². The molecule has 0 spiro atoms. The number of nitrogens with zero attached hydrogens (tertiary/aromatic N) is 1. The molecule has 3 nitrogen and oxygen atoms in total. The molecule has 0 aromatic heterocycles. The summed E-state index contributed by atoms with van der Waals surface area (Å²) in [6.07, 6.45) is -1.88. The summed E-state index contributed by atoms with van der Waals surface area (Å²) in [4.78, 5) is 13.1. The topological polar surface area (TPSA) is 46.3 Å². The molecule has 1 amide bonds. The van der Waals surface area contributed by atoms with E-state index < -0.39 is 18.9 Å². The third-order valence-electron chi connectivity index (χ3n) is 2.27. The molecule has 0 heterocycles. The van der Waals surface area contributed by atoms with Crippen LogP contribution in [0.3, 0.4) is 0 Å². The Hall–Kier alpha value is -1.65. The first-order valence-electron chi connectivity index (χ1n) is 5.47. The maximum Gasteiger partial charge on any atom is 0.255 e. The molecule has 0 bridgehead atoms. The van der Waals surface area contributed by atoms with Gasteiger partial charge in [-0.3, -0.25) is 4.79 Å². The van der Waals surface area contributed by atoms with Crippen LogP contribution in [-0.2, 0) is 0 Å². The molecule has 0 aliphatic carbocycles. The second-order valence-electron chi connectivity index (χ2n) is 3.77. The third-order valence-corrected chi connectivity index (χ3v) is 2.27. The van der Waals surface area contributed by atoms with Gasteiger partial charge in [0.2, 0.25) is 0 Å². The van der Waals surface area contributed by atoms with E-state index in [-0.39, 0.29) is 0 Å². The Balaban J connectivity index is 2.83. The molecule has 0 radical (unpaired) electrons. The van der Waals surface area contributed by atoms with Gasteiger partial charge in [0.05, 0.1) is 6.54 Å². The number of carbonyl (C=O) groups excluding carboxylic acids is 1. The number of anilines is 1. The van der Waals surface area contributed by atoms with E-state index in [1.807, 2.05) is 6.92 Å². The number of carbonyl (C=O) groups is 1. The van der Waals surface area contributed by atoms with E-state index >= 15 is 0 Å². The molecular formula is C12H16F2N2O. The van der Waals surface area contributed by atoms with Gasteiger partial charge in [-0.1, -0.05) is 13.0 Å². The Morgan fingerprint density at radius 2 is 2.18 bits per heavy atom. The minimum atomic E-state index is -2.52. The smallest absolute Gasteiger partial charge is 0.255 e. The van der Waals surface area contributed by atoms with Gasteiger partial charge in [0.25, 0.3) is 12.3 Å². The first-order valence-corrected chi connectivity index (χ1v) is 5.47. The van der Waals surface area contributed by atoms with Crippen LogP contribution < -0.4 is 5.73 Å². The van der Waals surface area contributed by atoms with E-state index in [0.29, 0.717) is 24.2 Å². The Labute approximate surface area is 99.2 Å². The summed E-state index contributed by atoms with van der Waals surface area (Å²) >= 11 is 0. The molecule has 0 saturated heterocycles. The van der Waals surface area contributed by atoms with Crippen molar-refractivity contribution in [1.29, 1.82) is 0 Å². The van der Waals surface area contributed by atoms with Crippen molar-refractivity contribution in [2.24, 2.45) is 0 Å². The zero-order valence-electron chi connectivity index (χ0n) is 9.70. The number of nitrogens with two attached hydrogens (primary N) is 1. The Morgan fingerprint density at radius 1 is 1.47 bits per heavy atom. The largest absolute Gasteiger partial charge is 0.399 e. The number of benzene rings is 1. The minimum absolute atomic E-state index is 0.317. The number of hydrogen-bond acceptors (Lipinski definition) is 2. The number of halogens is 2. The summed E-state index contributed by atoms with van der Waals surface area (Å²) in [5.74, 6) is -0.403. The van der Waals surface area contributed by atoms with Crippen molar-refractivity contribution in [3.8, 4) is 0 Å². The average molecular weight is 242 g/mol. The monoisotopic (exact) mass is 242 g/mol. The number of rotatable bonds is 5. The van der Waals surface area contributed by atoms with Crippen molar-refractivity contribution in [1.82, 2.24) is 4.90 Å². The minimum Gasteiger partial charge on any atom is -0.399 e. The highest BCUT2D eigenvalue weighted by molar-refractivity contribution is 5.95. The molecule has 0 saturated carbocycles. The Bertz CT molecular complexity index is 383. The maximum absolute atomic E-state index is 12.3. The molecule has 1 aromatic rings. The summed E-state index contributed by atoms with van der Waals surface area (Å²) in [5.41, 5.74) is 6.35. The van der Waals surface area contributed by atoms with E-state index in [9.17, 15) is 13.6 Å². The summed E-state index contributed by atoms with van der Waals surface area (Å²) in [6.45, 7) is 1.62. The van der Waals surface area contributed by atoms with Crippen LogP contribution in [0.25, 0.3) is 0 Å². The van der Waals surface area contributed by atoms with Crippen LogP contribution in [0.5, 0.6) is 0 Å². The second-order valence-corrected chi connectivity index (χ2v) is 3.77. The van der Waals surface area contributed by atoms with E-state index in [0.717, 1.165) is 4.90 Å². The fourth-order valence-electron chi connectivity index (χ4n) is 1.57. The molecule has 94 valence electrons. The summed E-state index contributed by atoms with van der Waals surface area (Å²) in [6, 6.07) is 6.35. The van der Waals surface area contributed by atoms with Crippen molar-refractivity contribution < 1.29 is 13.6 Å². The van der Waals surface area contributed by atoms with Crippen LogP contribution in [0.1, 0.15) is 23.7 Å². The zero-order valence-corrected chi connectivity index (χ0v) is 9.70. The van der Waals surface area contributed by atoms with Crippen molar-refractivity contribution in [3.05, 3.63) is 29.8 Å². The normalized spacial score (nSPS) is 10.6. The van der Waals surface area contributed by atoms with Crippen LogP contribution in [0.4, 0.5) is 14.5 Å². The van der Waals surface area contributed by atoms with Crippen molar-refractivity contribution in [2.75, 3.05) is 18.8 Å². The highest BCUT2D eigenvalue weighted by Gasteiger charge is 2.18. The van der Waals surface area contributed by atoms with Crippen LogP contribution >= 0.6 is 0 Å². The standard InChI is InChI=1S/C12H16F2N2O/c1-2-6-16(8-11(13)14)12(17)9-4-3-5-10(15)7-9/h3-5,7,11H,2,6,8,15H2,1H3. The quantitative estimate of drug-likeness (QED) is 0.806. The van der Waals surface area contributed by atoms with Gasteiger partial charge in [-0.15, -0.1) is 0 Å². The highest BCUT2D eigenvalue weighted by atomic mass is 19.3. The fourth-order valence-corrected chi connectivity index (χ4v) is 1.57. The van der Waals surface area contributed by atoms with Crippen molar-refractivity contribution in [3.63, 3.8) is 0 Å². The van der Waals surface area contributed by atoms with Crippen LogP contribution in [0, 0.1) is 0 Å². The lowest BCUT2D eigenvalue weighted by atomic mass is 10.1. The molecule has 0 aliphatic heterocycles. The van der Waals surface area contributed by atoms with Gasteiger partial charge < -0.3 is 10.6 Å². The maximum atomic E-state index is 12.3. The summed E-state index contributed by atoms with van der Waals surface area (Å²) in [7, 11) is 0. The molecule has 1 rings (SSSR count). The first kappa shape index (κ1) is 13.4. The molecule has 0 aliphatic rings. The molecule has 1 aromatic carbocycles. The first-order chi connectivity index (χ1) is 8.04. The van der Waals surface area contributed by atoms with Gasteiger partial charge >= 0.3 is 0 Å². The Morgan fingerprint density at radius 3 is 2.71 bits per heavy atom. The van der Waals surface area contributed by atoms with Crippen molar-refractivity contribution in [2.45, 2.75) is 19.8 Å². The van der Waals surface area contributed by atoms with E-state index in [1.54, 1.807) is 18.2 Å². The predicted octanol–water partition coefficient (Wildman–Crippen LogP) is 2.39. The van der Waals surface area contributed by atoms with E-state index in [4.69, 9.17) is 5.73 Å². The molecular weight excluding hydrogens is 226 g/mol. The van der Waals surface area contributed by atoms with Gasteiger partial charge in [-0.2, -0.15) is 0 Å².